The number of likely N-dealkylation sites (tertiary alicyclic amines) is 1. The first-order valence-corrected chi connectivity index (χ1v) is 5.29. The maximum Gasteiger partial charge on any atom is 0.224 e. The van der Waals surface area contributed by atoms with Crippen LogP contribution in [0.3, 0.4) is 0 Å². The van der Waals surface area contributed by atoms with Gasteiger partial charge in [-0.25, -0.2) is 0 Å². The van der Waals surface area contributed by atoms with Gasteiger partial charge in [0, 0.05) is 30.0 Å². The molecule has 1 aliphatic heterocycles. The van der Waals surface area contributed by atoms with Crippen molar-refractivity contribution in [2.24, 2.45) is 5.92 Å². The van der Waals surface area contributed by atoms with Crippen molar-refractivity contribution in [2.75, 3.05) is 6.54 Å². The van der Waals surface area contributed by atoms with Crippen LogP contribution in [0.2, 0.25) is 0 Å². The largest absolute Gasteiger partial charge is 0.336 e. The maximum absolute atomic E-state index is 11.5. The van der Waals surface area contributed by atoms with Crippen LogP contribution in [0.25, 0.3) is 0 Å². The third-order valence-corrected chi connectivity index (χ3v) is 3.04. The fraction of sp³-hybridized carbons (Fsp3) is 0.400. The van der Waals surface area contributed by atoms with Crippen LogP contribution >= 0.6 is 11.3 Å². The van der Waals surface area contributed by atoms with E-state index in [4.69, 9.17) is 6.42 Å². The van der Waals surface area contributed by atoms with Gasteiger partial charge in [0.25, 0.3) is 0 Å². The lowest BCUT2D eigenvalue weighted by molar-refractivity contribution is -0.128. The topological polar surface area (TPSA) is 33.2 Å². The van der Waals surface area contributed by atoms with Gasteiger partial charge in [0.05, 0.1) is 12.1 Å². The number of hydrogen-bond acceptors (Lipinski definition) is 3. The molecule has 2 heterocycles. The summed E-state index contributed by atoms with van der Waals surface area (Å²) in [4.78, 5) is 18.4. The highest BCUT2D eigenvalue weighted by molar-refractivity contribution is 7.09. The van der Waals surface area contributed by atoms with E-state index in [0.717, 1.165) is 4.88 Å². The summed E-state index contributed by atoms with van der Waals surface area (Å²) < 4.78 is 0. The Bertz CT molecular complexity index is 366. The molecule has 14 heavy (non-hydrogen) atoms. The number of hydrogen-bond donors (Lipinski definition) is 0. The van der Waals surface area contributed by atoms with Crippen molar-refractivity contribution in [3.63, 3.8) is 0 Å². The number of carbonyl (C=O) groups excluding carboxylic acids is 1. The Labute approximate surface area is 86.8 Å². The van der Waals surface area contributed by atoms with Gasteiger partial charge in [0.1, 0.15) is 0 Å². The second-order valence-electron chi connectivity index (χ2n) is 3.31. The number of rotatable bonds is 2. The fourth-order valence-corrected chi connectivity index (χ4v) is 2.15. The quantitative estimate of drug-likeness (QED) is 0.679. The molecule has 1 atom stereocenters. The Kier molecular flexibility index (Phi) is 2.51. The SMILES string of the molecule is C#CC1CC(=O)N(Cc2cncs2)C1. The monoisotopic (exact) mass is 206 g/mol. The van der Waals surface area contributed by atoms with E-state index in [2.05, 4.69) is 10.9 Å². The molecule has 2 rings (SSSR count). The van der Waals surface area contributed by atoms with Crippen LogP contribution in [0.15, 0.2) is 11.7 Å². The van der Waals surface area contributed by atoms with Gasteiger partial charge in [-0.05, 0) is 0 Å². The van der Waals surface area contributed by atoms with Crippen LogP contribution in [0.1, 0.15) is 11.3 Å². The Hall–Kier alpha value is -1.34. The Balaban J connectivity index is 2.00. The van der Waals surface area contributed by atoms with E-state index in [9.17, 15) is 4.79 Å². The molecule has 1 saturated heterocycles. The zero-order chi connectivity index (χ0) is 9.97. The van der Waals surface area contributed by atoms with E-state index in [1.54, 1.807) is 27.9 Å². The van der Waals surface area contributed by atoms with Crippen molar-refractivity contribution >= 4 is 17.2 Å². The van der Waals surface area contributed by atoms with E-state index in [-0.39, 0.29) is 11.8 Å². The highest BCUT2D eigenvalue weighted by Gasteiger charge is 2.28. The lowest BCUT2D eigenvalue weighted by Crippen LogP contribution is -2.23. The van der Waals surface area contributed by atoms with Crippen molar-refractivity contribution in [3.8, 4) is 12.3 Å². The number of amides is 1. The summed E-state index contributed by atoms with van der Waals surface area (Å²) in [5.74, 6) is 2.88. The van der Waals surface area contributed by atoms with Gasteiger partial charge in [-0.1, -0.05) is 0 Å². The average molecular weight is 206 g/mol. The molecule has 1 aromatic rings. The molecule has 3 nitrogen and oxygen atoms in total. The smallest absolute Gasteiger partial charge is 0.224 e. The first-order valence-electron chi connectivity index (χ1n) is 4.41. The summed E-state index contributed by atoms with van der Waals surface area (Å²) in [5.41, 5.74) is 1.77. The molecular weight excluding hydrogens is 196 g/mol. The number of thiazole rings is 1. The molecule has 4 heteroatoms. The Morgan fingerprint density at radius 3 is 3.21 bits per heavy atom. The molecule has 1 aliphatic rings. The molecule has 0 aliphatic carbocycles. The van der Waals surface area contributed by atoms with Crippen LogP contribution < -0.4 is 0 Å². The summed E-state index contributed by atoms with van der Waals surface area (Å²) in [6.45, 7) is 1.34. The first kappa shape index (κ1) is 9.22. The number of nitrogens with zero attached hydrogens (tertiary/aromatic N) is 2. The van der Waals surface area contributed by atoms with E-state index in [1.165, 1.54) is 0 Å². The molecule has 1 unspecified atom stereocenters. The van der Waals surface area contributed by atoms with Gasteiger partial charge in [0.15, 0.2) is 0 Å². The number of terminal acetylenes is 1. The van der Waals surface area contributed by atoms with E-state index in [1.807, 2.05) is 0 Å². The summed E-state index contributed by atoms with van der Waals surface area (Å²) in [7, 11) is 0. The molecule has 0 bridgehead atoms. The molecule has 1 fully saturated rings. The van der Waals surface area contributed by atoms with Crippen LogP contribution in [0.4, 0.5) is 0 Å². The van der Waals surface area contributed by atoms with Crippen molar-refractivity contribution in [2.45, 2.75) is 13.0 Å². The minimum Gasteiger partial charge on any atom is -0.336 e. The summed E-state index contributed by atoms with van der Waals surface area (Å²) in [6.07, 6.45) is 7.58. The van der Waals surface area contributed by atoms with Gasteiger partial charge < -0.3 is 4.90 Å². The maximum atomic E-state index is 11.5. The fourth-order valence-electron chi connectivity index (χ4n) is 1.54. The summed E-state index contributed by atoms with van der Waals surface area (Å²) >= 11 is 1.56. The molecule has 1 aromatic heterocycles. The molecule has 0 saturated carbocycles. The van der Waals surface area contributed by atoms with E-state index >= 15 is 0 Å². The van der Waals surface area contributed by atoms with Gasteiger partial charge in [-0.2, -0.15) is 0 Å². The highest BCUT2D eigenvalue weighted by Crippen LogP contribution is 2.20. The van der Waals surface area contributed by atoms with Gasteiger partial charge in [0.2, 0.25) is 5.91 Å². The number of aromatic nitrogens is 1. The molecule has 1 amide bonds. The van der Waals surface area contributed by atoms with E-state index < -0.39 is 0 Å². The van der Waals surface area contributed by atoms with Crippen molar-refractivity contribution in [3.05, 3.63) is 16.6 Å². The predicted octanol–water partition coefficient (Wildman–Crippen LogP) is 1.12. The van der Waals surface area contributed by atoms with E-state index in [0.29, 0.717) is 19.5 Å². The summed E-state index contributed by atoms with van der Waals surface area (Å²) in [6, 6.07) is 0. The highest BCUT2D eigenvalue weighted by atomic mass is 32.1. The van der Waals surface area contributed by atoms with Gasteiger partial charge in [-0.3, -0.25) is 9.78 Å². The van der Waals surface area contributed by atoms with Crippen molar-refractivity contribution in [1.29, 1.82) is 0 Å². The van der Waals surface area contributed by atoms with Crippen LogP contribution in [-0.4, -0.2) is 22.3 Å². The van der Waals surface area contributed by atoms with Crippen LogP contribution in [0.5, 0.6) is 0 Å². The van der Waals surface area contributed by atoms with Crippen molar-refractivity contribution < 1.29 is 4.79 Å². The van der Waals surface area contributed by atoms with Gasteiger partial charge >= 0.3 is 0 Å². The minimum absolute atomic E-state index is 0.0930. The first-order chi connectivity index (χ1) is 6.79. The lowest BCUT2D eigenvalue weighted by atomic mass is 10.1. The molecule has 0 radical (unpaired) electrons. The van der Waals surface area contributed by atoms with Crippen molar-refractivity contribution in [1.82, 2.24) is 9.88 Å². The van der Waals surface area contributed by atoms with Gasteiger partial charge in [-0.15, -0.1) is 23.7 Å². The van der Waals surface area contributed by atoms with Crippen LogP contribution in [0, 0.1) is 18.3 Å². The van der Waals surface area contributed by atoms with Crippen LogP contribution in [-0.2, 0) is 11.3 Å². The Morgan fingerprint density at radius 1 is 1.79 bits per heavy atom. The zero-order valence-corrected chi connectivity index (χ0v) is 8.46. The predicted molar refractivity (Wildman–Crippen MR) is 54.5 cm³/mol. The standard InChI is InChI=1S/C10H10N2OS/c1-2-8-3-10(13)12(5-8)6-9-4-11-7-14-9/h1,4,7-8H,3,5-6H2. The molecule has 0 aromatic carbocycles. The lowest BCUT2D eigenvalue weighted by Gasteiger charge is -2.13. The molecule has 0 spiro atoms. The third kappa shape index (κ3) is 1.78. The summed E-state index contributed by atoms with van der Waals surface area (Å²) in [5, 5.41) is 0. The second-order valence-corrected chi connectivity index (χ2v) is 4.28. The Morgan fingerprint density at radius 2 is 2.64 bits per heavy atom. The minimum atomic E-state index is 0.0930. The molecular formula is C10H10N2OS. The third-order valence-electron chi connectivity index (χ3n) is 2.28. The second kappa shape index (κ2) is 3.81. The number of carbonyl (C=O) groups is 1. The molecule has 72 valence electrons. The zero-order valence-electron chi connectivity index (χ0n) is 7.64. The molecule has 0 N–H and O–H groups in total. The average Bonchev–Trinajstić information content (AvgIpc) is 2.78. The normalized spacial score (nSPS) is 21.2.